The van der Waals surface area contributed by atoms with Crippen LogP contribution in [-0.2, 0) is 9.53 Å². The molecular formula is C18H28ClNO5. The topological polar surface area (TPSA) is 77.0 Å². The van der Waals surface area contributed by atoms with Crippen LogP contribution in [0.15, 0.2) is 24.3 Å². The van der Waals surface area contributed by atoms with E-state index in [-0.39, 0.29) is 19.0 Å². The third-order valence-electron chi connectivity index (χ3n) is 3.08. The molecule has 1 aromatic rings. The molecule has 6 nitrogen and oxygen atoms in total. The average molecular weight is 374 g/mol. The van der Waals surface area contributed by atoms with Crippen molar-refractivity contribution in [3.05, 3.63) is 29.8 Å². The van der Waals surface area contributed by atoms with Crippen LogP contribution in [0.3, 0.4) is 0 Å². The first-order valence-corrected chi connectivity index (χ1v) is 8.03. The van der Waals surface area contributed by atoms with Crippen LogP contribution in [-0.4, -0.2) is 50.1 Å². The Morgan fingerprint density at radius 2 is 2.04 bits per heavy atom. The van der Waals surface area contributed by atoms with E-state index in [1.807, 2.05) is 13.8 Å². The smallest absolute Gasteiger partial charge is 0.330 e. The summed E-state index contributed by atoms with van der Waals surface area (Å²) in [6.07, 6.45) is 2.40. The molecular weight excluding hydrogens is 346 g/mol. The first-order valence-electron chi connectivity index (χ1n) is 8.03. The van der Waals surface area contributed by atoms with Crippen LogP contribution in [0.5, 0.6) is 11.5 Å². The Kier molecular flexibility index (Phi) is 11.7. The molecule has 0 bridgehead atoms. The lowest BCUT2D eigenvalue weighted by atomic mass is 10.2. The van der Waals surface area contributed by atoms with E-state index in [0.717, 1.165) is 5.56 Å². The third kappa shape index (κ3) is 9.34. The number of carbonyl (C=O) groups excluding carboxylic acids is 1. The molecule has 142 valence electrons. The van der Waals surface area contributed by atoms with Gasteiger partial charge in [0.1, 0.15) is 12.7 Å². The quantitative estimate of drug-likeness (QED) is 0.484. The molecule has 0 amide bonds. The third-order valence-corrected chi connectivity index (χ3v) is 3.08. The van der Waals surface area contributed by atoms with Crippen molar-refractivity contribution in [3.63, 3.8) is 0 Å². The van der Waals surface area contributed by atoms with E-state index in [9.17, 15) is 9.90 Å². The summed E-state index contributed by atoms with van der Waals surface area (Å²) in [5, 5.41) is 13.0. The Labute approximate surface area is 155 Å². The number of halogens is 1. The molecule has 1 aromatic carbocycles. The monoisotopic (exact) mass is 373 g/mol. The maximum Gasteiger partial charge on any atom is 0.330 e. The molecule has 0 heterocycles. The zero-order chi connectivity index (χ0) is 17.9. The second-order valence-corrected chi connectivity index (χ2v) is 5.52. The van der Waals surface area contributed by atoms with Gasteiger partial charge in [0, 0.05) is 18.7 Å². The van der Waals surface area contributed by atoms with Gasteiger partial charge < -0.3 is 24.6 Å². The van der Waals surface area contributed by atoms with Gasteiger partial charge in [0.15, 0.2) is 11.5 Å². The van der Waals surface area contributed by atoms with Crippen LogP contribution in [0, 0.1) is 0 Å². The summed E-state index contributed by atoms with van der Waals surface area (Å²) >= 11 is 0. The van der Waals surface area contributed by atoms with E-state index in [1.165, 1.54) is 13.2 Å². The zero-order valence-electron chi connectivity index (χ0n) is 15.2. The minimum Gasteiger partial charge on any atom is -0.493 e. The number of hydrogen-bond donors (Lipinski definition) is 2. The minimum absolute atomic E-state index is 0. The van der Waals surface area contributed by atoms with Gasteiger partial charge in [0.25, 0.3) is 0 Å². The summed E-state index contributed by atoms with van der Waals surface area (Å²) in [5.74, 6) is 0.678. The number of aliphatic hydroxyl groups excluding tert-OH is 1. The van der Waals surface area contributed by atoms with Crippen LogP contribution in [0.25, 0.3) is 6.08 Å². The lowest BCUT2D eigenvalue weighted by Gasteiger charge is -2.16. The van der Waals surface area contributed by atoms with Crippen LogP contribution < -0.4 is 14.8 Å². The van der Waals surface area contributed by atoms with Crippen molar-refractivity contribution < 1.29 is 24.1 Å². The highest BCUT2D eigenvalue weighted by molar-refractivity contribution is 5.87. The highest BCUT2D eigenvalue weighted by atomic mass is 35.5. The predicted molar refractivity (Wildman–Crippen MR) is 101 cm³/mol. The fraction of sp³-hybridized carbons (Fsp3) is 0.500. The Morgan fingerprint density at radius 1 is 1.32 bits per heavy atom. The summed E-state index contributed by atoms with van der Waals surface area (Å²) in [7, 11) is 1.54. The molecule has 1 rings (SSSR count). The van der Waals surface area contributed by atoms with Gasteiger partial charge in [-0.05, 0) is 30.7 Å². The van der Waals surface area contributed by atoms with Crippen molar-refractivity contribution >= 4 is 24.5 Å². The van der Waals surface area contributed by atoms with Crippen LogP contribution in [0.1, 0.15) is 26.3 Å². The van der Waals surface area contributed by atoms with Gasteiger partial charge in [0.05, 0.1) is 13.7 Å². The Bertz CT molecular complexity index is 548. The maximum absolute atomic E-state index is 11.3. The van der Waals surface area contributed by atoms with Gasteiger partial charge in [-0.1, -0.05) is 19.9 Å². The lowest BCUT2D eigenvalue weighted by Crippen LogP contribution is -2.35. The molecule has 0 aliphatic rings. The standard InChI is InChI=1S/C18H27NO5.ClH/c1-5-23-18(21)9-7-14-6-8-16(17(10-14)22-4)24-12-15(20)11-19-13(2)3;/h6-10,13,15,19-20H,5,11-12H2,1-4H3;1H. The lowest BCUT2D eigenvalue weighted by molar-refractivity contribution is -0.137. The van der Waals surface area contributed by atoms with Crippen LogP contribution in [0.4, 0.5) is 0 Å². The van der Waals surface area contributed by atoms with Crippen LogP contribution in [0.2, 0.25) is 0 Å². The normalized spacial score (nSPS) is 11.9. The number of benzene rings is 1. The first kappa shape index (κ1) is 23.2. The number of ether oxygens (including phenoxy) is 3. The molecule has 0 saturated heterocycles. The molecule has 0 aromatic heterocycles. The fourth-order valence-electron chi connectivity index (χ4n) is 1.88. The highest BCUT2D eigenvalue weighted by Crippen LogP contribution is 2.28. The molecule has 25 heavy (non-hydrogen) atoms. The van der Waals surface area contributed by atoms with Crippen molar-refractivity contribution in [2.24, 2.45) is 0 Å². The molecule has 2 N–H and O–H groups in total. The second-order valence-electron chi connectivity index (χ2n) is 5.52. The Balaban J connectivity index is 0.00000576. The van der Waals surface area contributed by atoms with Gasteiger partial charge in [-0.15, -0.1) is 12.4 Å². The maximum atomic E-state index is 11.3. The van der Waals surface area contributed by atoms with E-state index in [4.69, 9.17) is 14.2 Å². The molecule has 0 spiro atoms. The summed E-state index contributed by atoms with van der Waals surface area (Å²) in [6.45, 7) is 6.74. The summed E-state index contributed by atoms with van der Waals surface area (Å²) in [4.78, 5) is 11.3. The molecule has 0 aliphatic carbocycles. The number of aliphatic hydroxyl groups is 1. The molecule has 0 fully saturated rings. The number of rotatable bonds is 10. The summed E-state index contributed by atoms with van der Waals surface area (Å²) < 4.78 is 15.7. The predicted octanol–water partition coefficient (Wildman–Crippen LogP) is 2.43. The second kappa shape index (κ2) is 12.6. The van der Waals surface area contributed by atoms with E-state index in [1.54, 1.807) is 31.2 Å². The van der Waals surface area contributed by atoms with Crippen molar-refractivity contribution in [2.75, 3.05) is 26.9 Å². The minimum atomic E-state index is -0.611. The van der Waals surface area contributed by atoms with E-state index >= 15 is 0 Å². The van der Waals surface area contributed by atoms with Crippen molar-refractivity contribution in [3.8, 4) is 11.5 Å². The fourth-order valence-corrected chi connectivity index (χ4v) is 1.88. The van der Waals surface area contributed by atoms with E-state index < -0.39 is 12.1 Å². The van der Waals surface area contributed by atoms with Crippen molar-refractivity contribution in [2.45, 2.75) is 32.9 Å². The summed E-state index contributed by atoms with van der Waals surface area (Å²) in [5.41, 5.74) is 0.786. The van der Waals surface area contributed by atoms with Gasteiger partial charge in [0.2, 0.25) is 0 Å². The summed E-state index contributed by atoms with van der Waals surface area (Å²) in [6, 6.07) is 5.60. The van der Waals surface area contributed by atoms with Gasteiger partial charge in [-0.25, -0.2) is 4.79 Å². The van der Waals surface area contributed by atoms with Crippen molar-refractivity contribution in [1.82, 2.24) is 5.32 Å². The molecule has 7 heteroatoms. The number of methoxy groups -OCH3 is 1. The molecule has 0 saturated carbocycles. The SMILES string of the molecule is CCOC(=O)C=Cc1ccc(OCC(O)CNC(C)C)c(OC)c1.Cl. The van der Waals surface area contributed by atoms with Gasteiger partial charge >= 0.3 is 5.97 Å². The Hall–Kier alpha value is -1.76. The number of hydrogen-bond acceptors (Lipinski definition) is 6. The highest BCUT2D eigenvalue weighted by Gasteiger charge is 2.09. The number of nitrogens with one attached hydrogen (secondary N) is 1. The average Bonchev–Trinajstić information content (AvgIpc) is 2.56. The molecule has 0 aliphatic heterocycles. The molecule has 0 radical (unpaired) electrons. The number of esters is 1. The van der Waals surface area contributed by atoms with Crippen molar-refractivity contribution in [1.29, 1.82) is 0 Å². The molecule has 1 atom stereocenters. The largest absolute Gasteiger partial charge is 0.493 e. The first-order chi connectivity index (χ1) is 11.5. The van der Waals surface area contributed by atoms with Gasteiger partial charge in [-0.2, -0.15) is 0 Å². The van der Waals surface area contributed by atoms with E-state index in [2.05, 4.69) is 5.32 Å². The van der Waals surface area contributed by atoms with E-state index in [0.29, 0.717) is 30.7 Å². The Morgan fingerprint density at radius 3 is 2.64 bits per heavy atom. The zero-order valence-corrected chi connectivity index (χ0v) is 16.0. The van der Waals surface area contributed by atoms with Gasteiger partial charge in [-0.3, -0.25) is 0 Å². The number of carbonyl (C=O) groups is 1. The van der Waals surface area contributed by atoms with Crippen LogP contribution >= 0.6 is 12.4 Å². The molecule has 1 unspecified atom stereocenters.